The quantitative estimate of drug-likeness (QED) is 0.247. The second-order valence-electron chi connectivity index (χ2n) is 8.57. The first-order chi connectivity index (χ1) is 17.7. The Morgan fingerprint density at radius 1 is 1.24 bits per heavy atom. The lowest BCUT2D eigenvalue weighted by atomic mass is 10.0. The molecule has 1 aliphatic heterocycles. The van der Waals surface area contributed by atoms with Crippen molar-refractivity contribution < 1.29 is 22.4 Å². The van der Waals surface area contributed by atoms with Crippen molar-refractivity contribution in [3.05, 3.63) is 24.4 Å². The number of amides is 1. The van der Waals surface area contributed by atoms with Gasteiger partial charge in [-0.05, 0) is 24.6 Å². The van der Waals surface area contributed by atoms with Gasteiger partial charge >= 0.3 is 0 Å². The van der Waals surface area contributed by atoms with E-state index in [1.54, 1.807) is 25.4 Å². The summed E-state index contributed by atoms with van der Waals surface area (Å²) in [6.45, 7) is -1.20. The molecule has 0 aromatic carbocycles. The van der Waals surface area contributed by atoms with Crippen LogP contribution >= 0.6 is 0 Å². The zero-order valence-corrected chi connectivity index (χ0v) is 20.1. The Bertz CT molecular complexity index is 1300. The van der Waals surface area contributed by atoms with Crippen LogP contribution in [0, 0.1) is 5.53 Å². The molecule has 1 amide bonds. The molecular weight excluding hydrogens is 496 g/mol. The first-order valence-corrected chi connectivity index (χ1v) is 11.4. The van der Waals surface area contributed by atoms with E-state index in [9.17, 15) is 22.4 Å². The number of nitrogens with zero attached hydrogens (tertiary/aromatic N) is 6. The van der Waals surface area contributed by atoms with Gasteiger partial charge in [-0.1, -0.05) is 0 Å². The summed E-state index contributed by atoms with van der Waals surface area (Å²) in [7, 11) is 1.61. The summed E-state index contributed by atoms with van der Waals surface area (Å²) in [4.78, 5) is 21.4. The Morgan fingerprint density at radius 3 is 2.62 bits per heavy atom. The maximum atomic E-state index is 14.7. The number of alkyl halides is 4. The van der Waals surface area contributed by atoms with E-state index in [0.29, 0.717) is 22.6 Å². The number of fused-ring (bicyclic) bond motifs is 1. The second kappa shape index (κ2) is 10.5. The number of anilines is 3. The van der Waals surface area contributed by atoms with Crippen molar-refractivity contribution in [3.63, 3.8) is 0 Å². The van der Waals surface area contributed by atoms with Gasteiger partial charge in [0, 0.05) is 32.3 Å². The number of carbonyl (C=O) groups excluding carboxylic acids is 1. The van der Waals surface area contributed by atoms with Crippen molar-refractivity contribution in [1.82, 2.24) is 24.5 Å². The molecule has 0 bridgehead atoms. The lowest BCUT2D eigenvalue weighted by Crippen LogP contribution is -2.55. The molecule has 3 aromatic rings. The minimum absolute atomic E-state index is 0.0195. The number of aromatic nitrogens is 4. The van der Waals surface area contributed by atoms with Gasteiger partial charge in [-0.3, -0.25) is 4.79 Å². The minimum atomic E-state index is -3.18. The Labute approximate surface area is 209 Å². The van der Waals surface area contributed by atoms with Gasteiger partial charge in [0.1, 0.15) is 24.6 Å². The first-order valence-electron chi connectivity index (χ1n) is 11.4. The molecule has 0 radical (unpaired) electrons. The van der Waals surface area contributed by atoms with Gasteiger partial charge in [-0.2, -0.15) is 10.1 Å². The van der Waals surface area contributed by atoms with Crippen LogP contribution in [-0.4, -0.2) is 81.9 Å². The highest BCUT2D eigenvalue weighted by atomic mass is 19.3. The van der Waals surface area contributed by atoms with Gasteiger partial charge in [0.2, 0.25) is 11.9 Å². The molecule has 1 aliphatic rings. The fourth-order valence-electron chi connectivity index (χ4n) is 4.12. The molecule has 4 N–H and O–H groups in total. The maximum Gasteiger partial charge on any atom is 0.285 e. The molecule has 0 unspecified atom stereocenters. The number of hydrogen-bond donors (Lipinski definition) is 4. The molecule has 37 heavy (non-hydrogen) atoms. The number of halogens is 4. The third-order valence-corrected chi connectivity index (χ3v) is 6.08. The van der Waals surface area contributed by atoms with Crippen molar-refractivity contribution in [2.45, 2.75) is 31.4 Å². The van der Waals surface area contributed by atoms with E-state index in [4.69, 9.17) is 5.53 Å². The molecular formula is C22H26F4N10O. The van der Waals surface area contributed by atoms with Crippen molar-refractivity contribution in [2.24, 2.45) is 5.11 Å². The zero-order chi connectivity index (χ0) is 26.7. The lowest BCUT2D eigenvalue weighted by molar-refractivity contribution is -0.140. The standard InChI is InChI=1S/C22H26F4N10O/c1-12(37)35-7-6-17(22(25,26)11-35)31-21-32-20(28-2)18-14(5-8-36(18)34-21)15-3-4-16(33-27)19(30-15)29-13(9-23)10-24/h3-5,8,13,17,27H,6-7,9-11H2,1-2H3,(H,29,30)(H2,28,31,32,34)/t17-/m1/s1. The van der Waals surface area contributed by atoms with E-state index in [0.717, 1.165) is 4.90 Å². The number of hydrogen-bond acceptors (Lipinski definition) is 9. The number of likely N-dealkylation sites (tertiary alicyclic amines) is 1. The maximum absolute atomic E-state index is 14.7. The summed E-state index contributed by atoms with van der Waals surface area (Å²) < 4.78 is 57.0. The summed E-state index contributed by atoms with van der Waals surface area (Å²) in [5.74, 6) is -3.27. The summed E-state index contributed by atoms with van der Waals surface area (Å²) >= 11 is 0. The van der Waals surface area contributed by atoms with Gasteiger partial charge in [0.15, 0.2) is 11.6 Å². The van der Waals surface area contributed by atoms with Crippen molar-refractivity contribution >= 4 is 34.7 Å². The average Bonchev–Trinajstić information content (AvgIpc) is 3.31. The Balaban J connectivity index is 1.67. The largest absolute Gasteiger partial charge is 0.371 e. The van der Waals surface area contributed by atoms with Crippen LogP contribution in [0.3, 0.4) is 0 Å². The van der Waals surface area contributed by atoms with Gasteiger partial charge < -0.3 is 20.9 Å². The third kappa shape index (κ3) is 5.24. The van der Waals surface area contributed by atoms with Gasteiger partial charge in [0.05, 0.1) is 24.3 Å². The van der Waals surface area contributed by atoms with Gasteiger partial charge in [0.25, 0.3) is 5.92 Å². The molecule has 15 heteroatoms. The van der Waals surface area contributed by atoms with E-state index in [1.165, 1.54) is 17.5 Å². The van der Waals surface area contributed by atoms with Crippen LogP contribution in [0.4, 0.5) is 40.8 Å². The molecule has 1 saturated heterocycles. The Hall–Kier alpha value is -4.04. The second-order valence-corrected chi connectivity index (χ2v) is 8.57. The highest BCUT2D eigenvalue weighted by Gasteiger charge is 2.45. The van der Waals surface area contributed by atoms with Crippen molar-refractivity contribution in [2.75, 3.05) is 49.4 Å². The Morgan fingerprint density at radius 2 is 2.00 bits per heavy atom. The van der Waals surface area contributed by atoms with Crippen LogP contribution in [0.25, 0.3) is 16.8 Å². The van der Waals surface area contributed by atoms with Crippen LogP contribution < -0.4 is 16.0 Å². The molecule has 198 valence electrons. The SMILES string of the molecule is CNc1nc(N[C@@H]2CCN(C(C)=O)CC2(F)F)nn2ccc(-c3ccc(N=N)c(NC(CF)CF)n3)c12. The summed E-state index contributed by atoms with van der Waals surface area (Å²) in [5, 5.41) is 15.9. The van der Waals surface area contributed by atoms with Crippen LogP contribution in [0.5, 0.6) is 0 Å². The smallest absolute Gasteiger partial charge is 0.285 e. The van der Waals surface area contributed by atoms with Gasteiger partial charge in [-0.15, -0.1) is 5.10 Å². The lowest BCUT2D eigenvalue weighted by Gasteiger charge is -2.38. The van der Waals surface area contributed by atoms with Crippen molar-refractivity contribution in [1.29, 1.82) is 5.53 Å². The molecule has 11 nitrogen and oxygen atoms in total. The molecule has 0 aliphatic carbocycles. The van der Waals surface area contributed by atoms with E-state index in [2.05, 4.69) is 36.1 Å². The van der Waals surface area contributed by atoms with E-state index >= 15 is 0 Å². The number of pyridine rings is 1. The summed E-state index contributed by atoms with van der Waals surface area (Å²) in [5.41, 5.74) is 8.84. The average molecular weight is 523 g/mol. The summed E-state index contributed by atoms with van der Waals surface area (Å²) in [6, 6.07) is 2.35. The van der Waals surface area contributed by atoms with Crippen LogP contribution in [0.1, 0.15) is 13.3 Å². The predicted molar refractivity (Wildman–Crippen MR) is 129 cm³/mol. The number of nitrogens with one attached hydrogen (secondary N) is 4. The predicted octanol–water partition coefficient (Wildman–Crippen LogP) is 3.88. The Kier molecular flexibility index (Phi) is 7.40. The fraction of sp³-hybridized carbons (Fsp3) is 0.455. The molecule has 0 spiro atoms. The van der Waals surface area contributed by atoms with Crippen LogP contribution in [0.2, 0.25) is 0 Å². The first kappa shape index (κ1) is 26.0. The topological polar surface area (TPSA) is 136 Å². The highest BCUT2D eigenvalue weighted by Crippen LogP contribution is 2.34. The van der Waals surface area contributed by atoms with Crippen LogP contribution in [-0.2, 0) is 4.79 Å². The summed E-state index contributed by atoms with van der Waals surface area (Å²) in [6.07, 6.45) is 1.62. The minimum Gasteiger partial charge on any atom is -0.371 e. The number of rotatable bonds is 9. The highest BCUT2D eigenvalue weighted by molar-refractivity contribution is 5.88. The van der Waals surface area contributed by atoms with E-state index in [-0.39, 0.29) is 30.4 Å². The third-order valence-electron chi connectivity index (χ3n) is 6.08. The molecule has 3 aromatic heterocycles. The fourth-order valence-corrected chi connectivity index (χ4v) is 4.12. The molecule has 4 rings (SSSR count). The van der Waals surface area contributed by atoms with E-state index < -0.39 is 43.8 Å². The number of carbonyl (C=O) groups is 1. The van der Waals surface area contributed by atoms with Gasteiger partial charge in [-0.25, -0.2) is 32.6 Å². The normalized spacial score (nSPS) is 17.2. The molecule has 0 saturated carbocycles. The monoisotopic (exact) mass is 522 g/mol. The molecule has 1 fully saturated rings. The molecule has 1 atom stereocenters. The molecule has 4 heterocycles. The van der Waals surface area contributed by atoms with Crippen LogP contribution in [0.15, 0.2) is 29.5 Å². The zero-order valence-electron chi connectivity index (χ0n) is 20.1. The van der Waals surface area contributed by atoms with Crippen molar-refractivity contribution in [3.8, 4) is 11.3 Å². The van der Waals surface area contributed by atoms with E-state index in [1.807, 2.05) is 0 Å². The number of piperidine rings is 1.